The summed E-state index contributed by atoms with van der Waals surface area (Å²) in [5.74, 6) is 0.395. The summed E-state index contributed by atoms with van der Waals surface area (Å²) in [7, 11) is 3.33. The minimum absolute atomic E-state index is 0.174. The standard InChI is InChI=1S/C9H14F3N5O/c1-4-13-6-14-7(17(2)3)16-8(15-6)18-5-9(10,11)12/h4-5H2,1-3H3,(H,13,14,15,16). The van der Waals surface area contributed by atoms with E-state index >= 15 is 0 Å². The van der Waals surface area contributed by atoms with Gasteiger partial charge in [0.2, 0.25) is 11.9 Å². The van der Waals surface area contributed by atoms with Crippen molar-refractivity contribution in [1.82, 2.24) is 15.0 Å². The molecule has 0 bridgehead atoms. The molecular weight excluding hydrogens is 251 g/mol. The van der Waals surface area contributed by atoms with Crippen LogP contribution in [0.3, 0.4) is 0 Å². The molecule has 0 unspecified atom stereocenters. The Balaban J connectivity index is 2.89. The first-order valence-electron chi connectivity index (χ1n) is 5.18. The summed E-state index contributed by atoms with van der Waals surface area (Å²) in [6.45, 7) is 0.917. The van der Waals surface area contributed by atoms with Crippen molar-refractivity contribution in [3.05, 3.63) is 0 Å². The molecule has 0 saturated carbocycles. The van der Waals surface area contributed by atoms with Gasteiger partial charge in [0, 0.05) is 20.6 Å². The maximum absolute atomic E-state index is 12.0. The Morgan fingerprint density at radius 1 is 1.22 bits per heavy atom. The van der Waals surface area contributed by atoms with E-state index < -0.39 is 12.8 Å². The highest BCUT2D eigenvalue weighted by molar-refractivity contribution is 5.36. The highest BCUT2D eigenvalue weighted by Crippen LogP contribution is 2.18. The van der Waals surface area contributed by atoms with E-state index in [0.29, 0.717) is 6.54 Å². The smallest absolute Gasteiger partial charge is 0.422 e. The van der Waals surface area contributed by atoms with E-state index in [-0.39, 0.29) is 17.9 Å². The predicted octanol–water partition coefficient (Wildman–Crippen LogP) is 1.31. The van der Waals surface area contributed by atoms with Crippen LogP contribution in [-0.2, 0) is 0 Å². The van der Waals surface area contributed by atoms with Crippen molar-refractivity contribution in [3.63, 3.8) is 0 Å². The van der Waals surface area contributed by atoms with Crippen molar-refractivity contribution in [1.29, 1.82) is 0 Å². The fourth-order valence-electron chi connectivity index (χ4n) is 0.994. The third-order valence-electron chi connectivity index (χ3n) is 1.70. The zero-order valence-electron chi connectivity index (χ0n) is 10.2. The number of halogens is 3. The molecule has 0 radical (unpaired) electrons. The molecule has 0 aliphatic carbocycles. The van der Waals surface area contributed by atoms with E-state index in [2.05, 4.69) is 25.0 Å². The summed E-state index contributed by atoms with van der Waals surface area (Å²) in [5, 5.41) is 2.79. The molecule has 1 aromatic heterocycles. The predicted molar refractivity (Wildman–Crippen MR) is 59.9 cm³/mol. The summed E-state index contributed by atoms with van der Waals surface area (Å²) in [6.07, 6.45) is -4.43. The van der Waals surface area contributed by atoms with Crippen LogP contribution in [-0.4, -0.2) is 48.4 Å². The maximum atomic E-state index is 12.0. The van der Waals surface area contributed by atoms with Crippen LogP contribution >= 0.6 is 0 Å². The molecule has 0 saturated heterocycles. The minimum Gasteiger partial charge on any atom is -0.454 e. The van der Waals surface area contributed by atoms with Crippen LogP contribution in [0.15, 0.2) is 0 Å². The zero-order chi connectivity index (χ0) is 13.8. The Morgan fingerprint density at radius 3 is 2.39 bits per heavy atom. The van der Waals surface area contributed by atoms with Crippen molar-refractivity contribution in [3.8, 4) is 6.01 Å². The van der Waals surface area contributed by atoms with Gasteiger partial charge in [-0.25, -0.2) is 0 Å². The van der Waals surface area contributed by atoms with E-state index in [9.17, 15) is 13.2 Å². The number of aromatic nitrogens is 3. The summed E-state index contributed by atoms with van der Waals surface area (Å²) >= 11 is 0. The van der Waals surface area contributed by atoms with Crippen LogP contribution in [0, 0.1) is 0 Å². The topological polar surface area (TPSA) is 63.2 Å². The Hall–Kier alpha value is -1.80. The first-order valence-corrected chi connectivity index (χ1v) is 5.18. The molecule has 0 aliphatic heterocycles. The number of hydrogen-bond acceptors (Lipinski definition) is 6. The van der Waals surface area contributed by atoms with Gasteiger partial charge in [0.1, 0.15) is 0 Å². The van der Waals surface area contributed by atoms with Crippen LogP contribution in [0.2, 0.25) is 0 Å². The molecule has 102 valence electrons. The van der Waals surface area contributed by atoms with Gasteiger partial charge in [0.25, 0.3) is 0 Å². The van der Waals surface area contributed by atoms with Gasteiger partial charge in [-0.2, -0.15) is 28.1 Å². The fraction of sp³-hybridized carbons (Fsp3) is 0.667. The lowest BCUT2D eigenvalue weighted by Gasteiger charge is -2.13. The van der Waals surface area contributed by atoms with E-state index in [1.807, 2.05) is 6.92 Å². The van der Waals surface area contributed by atoms with Crippen LogP contribution in [0.1, 0.15) is 6.92 Å². The SMILES string of the molecule is CCNc1nc(OCC(F)(F)F)nc(N(C)C)n1. The number of rotatable bonds is 5. The lowest BCUT2D eigenvalue weighted by Crippen LogP contribution is -2.22. The van der Waals surface area contributed by atoms with Crippen LogP contribution in [0.25, 0.3) is 0 Å². The summed E-state index contributed by atoms with van der Waals surface area (Å²) < 4.78 is 40.6. The van der Waals surface area contributed by atoms with Crippen LogP contribution in [0.4, 0.5) is 25.1 Å². The highest BCUT2D eigenvalue weighted by Gasteiger charge is 2.29. The molecule has 1 aromatic rings. The molecule has 18 heavy (non-hydrogen) atoms. The Morgan fingerprint density at radius 2 is 1.89 bits per heavy atom. The average Bonchev–Trinajstić information content (AvgIpc) is 2.25. The van der Waals surface area contributed by atoms with Crippen molar-refractivity contribution in [2.45, 2.75) is 13.1 Å². The lowest BCUT2D eigenvalue weighted by molar-refractivity contribution is -0.154. The number of hydrogen-bond donors (Lipinski definition) is 1. The van der Waals surface area contributed by atoms with Crippen molar-refractivity contribution in [2.24, 2.45) is 0 Å². The van der Waals surface area contributed by atoms with Crippen LogP contribution in [0.5, 0.6) is 6.01 Å². The zero-order valence-corrected chi connectivity index (χ0v) is 10.2. The van der Waals surface area contributed by atoms with E-state index in [0.717, 1.165) is 0 Å². The Kier molecular flexibility index (Phi) is 4.51. The van der Waals surface area contributed by atoms with Gasteiger partial charge < -0.3 is 15.0 Å². The summed E-state index contributed by atoms with van der Waals surface area (Å²) in [5.41, 5.74) is 0. The summed E-state index contributed by atoms with van der Waals surface area (Å²) in [4.78, 5) is 13.0. The fourth-order valence-corrected chi connectivity index (χ4v) is 0.994. The first-order chi connectivity index (χ1) is 8.31. The van der Waals surface area contributed by atoms with Gasteiger partial charge in [0.05, 0.1) is 0 Å². The number of anilines is 2. The van der Waals surface area contributed by atoms with E-state index in [1.165, 1.54) is 0 Å². The number of ether oxygens (including phenoxy) is 1. The molecular formula is C9H14F3N5O. The van der Waals surface area contributed by atoms with Crippen molar-refractivity contribution in [2.75, 3.05) is 37.5 Å². The number of nitrogens with zero attached hydrogens (tertiary/aromatic N) is 4. The second-order valence-corrected chi connectivity index (χ2v) is 3.57. The van der Waals surface area contributed by atoms with Gasteiger partial charge in [-0.15, -0.1) is 0 Å². The normalized spacial score (nSPS) is 11.2. The van der Waals surface area contributed by atoms with E-state index in [1.54, 1.807) is 19.0 Å². The quantitative estimate of drug-likeness (QED) is 0.866. The molecule has 0 aromatic carbocycles. The molecule has 1 rings (SSSR count). The van der Waals surface area contributed by atoms with Gasteiger partial charge in [-0.1, -0.05) is 0 Å². The summed E-state index contributed by atoms with van der Waals surface area (Å²) in [6, 6.07) is -0.359. The second-order valence-electron chi connectivity index (χ2n) is 3.57. The van der Waals surface area contributed by atoms with Crippen LogP contribution < -0.4 is 15.0 Å². The minimum atomic E-state index is -4.43. The largest absolute Gasteiger partial charge is 0.454 e. The maximum Gasteiger partial charge on any atom is 0.422 e. The van der Waals surface area contributed by atoms with Gasteiger partial charge in [-0.3, -0.25) is 0 Å². The third kappa shape index (κ3) is 4.60. The Bertz CT molecular complexity index is 396. The van der Waals surface area contributed by atoms with E-state index in [4.69, 9.17) is 0 Å². The number of alkyl halides is 3. The lowest BCUT2D eigenvalue weighted by atomic mass is 10.7. The van der Waals surface area contributed by atoms with Gasteiger partial charge >= 0.3 is 12.2 Å². The highest BCUT2D eigenvalue weighted by atomic mass is 19.4. The molecule has 0 spiro atoms. The first kappa shape index (κ1) is 14.3. The Labute approximate surface area is 102 Å². The molecule has 1 N–H and O–H groups in total. The monoisotopic (exact) mass is 265 g/mol. The molecule has 0 amide bonds. The van der Waals surface area contributed by atoms with Crippen molar-refractivity contribution >= 4 is 11.9 Å². The third-order valence-corrected chi connectivity index (χ3v) is 1.70. The molecule has 6 nitrogen and oxygen atoms in total. The molecule has 0 atom stereocenters. The van der Waals surface area contributed by atoms with Crippen molar-refractivity contribution < 1.29 is 17.9 Å². The average molecular weight is 265 g/mol. The number of nitrogens with one attached hydrogen (secondary N) is 1. The second kappa shape index (κ2) is 5.69. The molecule has 0 fully saturated rings. The van der Waals surface area contributed by atoms with Gasteiger partial charge in [-0.05, 0) is 6.92 Å². The molecule has 0 aliphatic rings. The van der Waals surface area contributed by atoms with Gasteiger partial charge in [0.15, 0.2) is 6.61 Å². The molecule has 1 heterocycles. The molecule has 9 heteroatoms.